The monoisotopic (exact) mass is 243 g/mol. The Balaban J connectivity index is 4.31. The summed E-state index contributed by atoms with van der Waals surface area (Å²) in [5, 5.41) is 5.81. The van der Waals surface area contributed by atoms with E-state index in [-0.39, 0.29) is 17.5 Å². The number of carbonyl (C=O) groups is 1. The molecule has 1 amide bonds. The van der Waals surface area contributed by atoms with Gasteiger partial charge in [0.05, 0.1) is 0 Å². The van der Waals surface area contributed by atoms with Crippen molar-refractivity contribution in [3.63, 3.8) is 0 Å². The number of hydrogen-bond donors (Lipinski definition) is 4. The molecule has 0 radical (unpaired) electrons. The maximum Gasteiger partial charge on any atom is 0.242 e. The smallest absolute Gasteiger partial charge is 0.242 e. The standard InChI is InChI=1S/C11H25N5O/c1-6-7-13-10(16-12)14-8(2)9(17)15-11(3,4)5/h8H,6-7,12H2,1-5H3,(H,15,17)(H2,13,14,16). The topological polar surface area (TPSA) is 91.5 Å². The van der Waals surface area contributed by atoms with Crippen LogP contribution in [0, 0.1) is 0 Å². The van der Waals surface area contributed by atoms with Gasteiger partial charge in [-0.1, -0.05) is 6.92 Å². The zero-order chi connectivity index (χ0) is 13.5. The van der Waals surface area contributed by atoms with Crippen LogP contribution in [0.3, 0.4) is 0 Å². The number of hydrogen-bond acceptors (Lipinski definition) is 3. The van der Waals surface area contributed by atoms with Crippen LogP contribution in [0.15, 0.2) is 4.99 Å². The van der Waals surface area contributed by atoms with Gasteiger partial charge in [-0.05, 0) is 34.1 Å². The zero-order valence-corrected chi connectivity index (χ0v) is 11.4. The van der Waals surface area contributed by atoms with Crippen LogP contribution in [0.5, 0.6) is 0 Å². The third kappa shape index (κ3) is 7.57. The van der Waals surface area contributed by atoms with Crippen LogP contribution in [-0.4, -0.2) is 30.0 Å². The molecular formula is C11H25N5O. The van der Waals surface area contributed by atoms with E-state index in [1.165, 1.54) is 0 Å². The minimum atomic E-state index is -0.388. The highest BCUT2D eigenvalue weighted by Gasteiger charge is 2.19. The third-order valence-electron chi connectivity index (χ3n) is 1.87. The Labute approximate surface area is 103 Å². The van der Waals surface area contributed by atoms with Crippen molar-refractivity contribution in [1.29, 1.82) is 0 Å². The first-order chi connectivity index (χ1) is 7.80. The number of aliphatic imine (C=N–C) groups is 1. The van der Waals surface area contributed by atoms with Crippen LogP contribution < -0.4 is 21.9 Å². The van der Waals surface area contributed by atoms with Crippen LogP contribution in [0.1, 0.15) is 41.0 Å². The van der Waals surface area contributed by atoms with E-state index >= 15 is 0 Å². The summed E-state index contributed by atoms with van der Waals surface area (Å²) < 4.78 is 0. The molecule has 0 aromatic rings. The minimum Gasteiger partial charge on any atom is -0.350 e. The predicted octanol–water partition coefficient (Wildman–Crippen LogP) is 0.109. The van der Waals surface area contributed by atoms with Crippen LogP contribution in [0.2, 0.25) is 0 Å². The van der Waals surface area contributed by atoms with Gasteiger partial charge < -0.3 is 10.6 Å². The molecule has 0 rings (SSSR count). The molecule has 0 aromatic carbocycles. The van der Waals surface area contributed by atoms with E-state index in [1.54, 1.807) is 6.92 Å². The normalized spacial score (nSPS) is 14.1. The SMILES string of the molecule is CCCN=C(NN)NC(C)C(=O)NC(C)(C)C. The molecule has 0 saturated carbocycles. The number of amides is 1. The van der Waals surface area contributed by atoms with E-state index < -0.39 is 0 Å². The minimum absolute atomic E-state index is 0.0862. The van der Waals surface area contributed by atoms with Crippen LogP contribution in [-0.2, 0) is 4.79 Å². The van der Waals surface area contributed by atoms with Crippen molar-refractivity contribution in [2.24, 2.45) is 10.8 Å². The van der Waals surface area contributed by atoms with Crippen LogP contribution in [0.25, 0.3) is 0 Å². The summed E-state index contributed by atoms with van der Waals surface area (Å²) in [6.45, 7) is 10.3. The van der Waals surface area contributed by atoms with Crippen molar-refractivity contribution < 1.29 is 4.79 Å². The Kier molecular flexibility index (Phi) is 6.57. The maximum absolute atomic E-state index is 11.8. The molecule has 6 heteroatoms. The second-order valence-electron chi connectivity index (χ2n) is 4.98. The summed E-state index contributed by atoms with van der Waals surface area (Å²) in [5.41, 5.74) is 2.20. The molecule has 1 atom stereocenters. The van der Waals surface area contributed by atoms with E-state index in [0.717, 1.165) is 6.42 Å². The van der Waals surface area contributed by atoms with E-state index in [2.05, 4.69) is 21.1 Å². The number of hydrazine groups is 1. The lowest BCUT2D eigenvalue weighted by Gasteiger charge is -2.24. The molecule has 6 nitrogen and oxygen atoms in total. The van der Waals surface area contributed by atoms with Crippen molar-refractivity contribution in [3.8, 4) is 0 Å². The molecule has 0 aliphatic carbocycles. The Morgan fingerprint density at radius 1 is 1.41 bits per heavy atom. The first kappa shape index (κ1) is 15.7. The third-order valence-corrected chi connectivity index (χ3v) is 1.87. The fourth-order valence-electron chi connectivity index (χ4n) is 1.11. The van der Waals surface area contributed by atoms with Crippen molar-refractivity contribution in [2.75, 3.05) is 6.54 Å². The second kappa shape index (κ2) is 7.11. The van der Waals surface area contributed by atoms with Gasteiger partial charge in [-0.3, -0.25) is 15.2 Å². The molecule has 0 heterocycles. The molecule has 17 heavy (non-hydrogen) atoms. The Hall–Kier alpha value is -1.30. The lowest BCUT2D eigenvalue weighted by atomic mass is 10.1. The fraction of sp³-hybridized carbons (Fsp3) is 0.818. The van der Waals surface area contributed by atoms with Crippen molar-refractivity contribution in [2.45, 2.75) is 52.6 Å². The summed E-state index contributed by atoms with van der Waals surface area (Å²) in [6, 6.07) is -0.388. The van der Waals surface area contributed by atoms with E-state index in [9.17, 15) is 4.79 Å². The largest absolute Gasteiger partial charge is 0.350 e. The first-order valence-electron chi connectivity index (χ1n) is 5.89. The highest BCUT2D eigenvalue weighted by molar-refractivity contribution is 5.88. The van der Waals surface area contributed by atoms with Crippen LogP contribution >= 0.6 is 0 Å². The number of nitrogens with zero attached hydrogens (tertiary/aromatic N) is 1. The molecule has 0 bridgehead atoms. The Morgan fingerprint density at radius 2 is 2.00 bits per heavy atom. The van der Waals surface area contributed by atoms with Crippen molar-refractivity contribution in [1.82, 2.24) is 16.1 Å². The molecule has 5 N–H and O–H groups in total. The van der Waals surface area contributed by atoms with Gasteiger partial charge in [0, 0.05) is 12.1 Å². The number of carbonyl (C=O) groups excluding carboxylic acids is 1. The summed E-state index contributed by atoms with van der Waals surface area (Å²) in [6.07, 6.45) is 0.926. The van der Waals surface area contributed by atoms with Crippen molar-refractivity contribution >= 4 is 11.9 Å². The van der Waals surface area contributed by atoms with E-state index in [1.807, 2.05) is 27.7 Å². The molecule has 1 unspecified atom stereocenters. The fourth-order valence-corrected chi connectivity index (χ4v) is 1.11. The molecule has 0 aromatic heterocycles. The second-order valence-corrected chi connectivity index (χ2v) is 4.98. The average Bonchev–Trinajstić information content (AvgIpc) is 2.21. The van der Waals surface area contributed by atoms with Crippen molar-refractivity contribution in [3.05, 3.63) is 0 Å². The number of nitrogens with one attached hydrogen (secondary N) is 3. The van der Waals surface area contributed by atoms with Gasteiger partial charge in [-0.15, -0.1) is 0 Å². The predicted molar refractivity (Wildman–Crippen MR) is 70.4 cm³/mol. The first-order valence-corrected chi connectivity index (χ1v) is 5.89. The zero-order valence-electron chi connectivity index (χ0n) is 11.4. The molecular weight excluding hydrogens is 218 g/mol. The molecule has 0 aliphatic heterocycles. The van der Waals surface area contributed by atoms with Crippen LogP contribution in [0.4, 0.5) is 0 Å². The summed E-state index contributed by atoms with van der Waals surface area (Å²) in [5.74, 6) is 5.66. The summed E-state index contributed by atoms with van der Waals surface area (Å²) in [4.78, 5) is 16.0. The maximum atomic E-state index is 11.8. The number of guanidine groups is 1. The molecule has 100 valence electrons. The molecule has 0 saturated heterocycles. The van der Waals surface area contributed by atoms with Gasteiger partial charge in [-0.2, -0.15) is 0 Å². The molecule has 0 spiro atoms. The highest BCUT2D eigenvalue weighted by atomic mass is 16.2. The number of rotatable bonds is 4. The lowest BCUT2D eigenvalue weighted by molar-refractivity contribution is -0.123. The van der Waals surface area contributed by atoms with Gasteiger partial charge in [0.1, 0.15) is 6.04 Å². The average molecular weight is 243 g/mol. The Morgan fingerprint density at radius 3 is 2.41 bits per heavy atom. The van der Waals surface area contributed by atoms with Gasteiger partial charge in [-0.25, -0.2) is 5.84 Å². The van der Waals surface area contributed by atoms with Gasteiger partial charge in [0.25, 0.3) is 0 Å². The molecule has 0 fully saturated rings. The summed E-state index contributed by atoms with van der Waals surface area (Å²) in [7, 11) is 0. The quantitative estimate of drug-likeness (QED) is 0.244. The lowest BCUT2D eigenvalue weighted by Crippen LogP contribution is -2.54. The van der Waals surface area contributed by atoms with E-state index in [4.69, 9.17) is 5.84 Å². The molecule has 0 aliphatic rings. The van der Waals surface area contributed by atoms with Gasteiger partial charge in [0.2, 0.25) is 11.9 Å². The Bertz CT molecular complexity index is 270. The number of nitrogens with two attached hydrogens (primary N) is 1. The van der Waals surface area contributed by atoms with Gasteiger partial charge in [0.15, 0.2) is 0 Å². The highest BCUT2D eigenvalue weighted by Crippen LogP contribution is 1.99. The van der Waals surface area contributed by atoms with E-state index in [0.29, 0.717) is 12.5 Å². The summed E-state index contributed by atoms with van der Waals surface area (Å²) >= 11 is 0. The van der Waals surface area contributed by atoms with Gasteiger partial charge >= 0.3 is 0 Å².